The van der Waals surface area contributed by atoms with Gasteiger partial charge in [-0.2, -0.15) is 23.5 Å². The lowest BCUT2D eigenvalue weighted by Gasteiger charge is -2.29. The Labute approximate surface area is 103 Å². The van der Waals surface area contributed by atoms with E-state index in [9.17, 15) is 0 Å². The summed E-state index contributed by atoms with van der Waals surface area (Å²) in [6.07, 6.45) is 0. The van der Waals surface area contributed by atoms with E-state index in [2.05, 4.69) is 23.8 Å². The van der Waals surface area contributed by atoms with E-state index >= 15 is 0 Å². The number of hydrogen-bond donors (Lipinski definition) is 2. The Morgan fingerprint density at radius 2 is 2.40 bits per heavy atom. The van der Waals surface area contributed by atoms with Crippen LogP contribution in [0.15, 0.2) is 11.4 Å². The topological polar surface area (TPSA) is 38.0 Å². The van der Waals surface area contributed by atoms with Crippen molar-refractivity contribution in [1.82, 2.24) is 5.43 Å². The van der Waals surface area contributed by atoms with Crippen LogP contribution in [-0.2, 0) is 0 Å². The van der Waals surface area contributed by atoms with Gasteiger partial charge in [-0.25, -0.2) is 0 Å². The largest absolute Gasteiger partial charge is 0.271 e. The van der Waals surface area contributed by atoms with E-state index < -0.39 is 0 Å². The smallest absolute Gasteiger partial charge is 0.0597 e. The molecule has 5 heteroatoms. The summed E-state index contributed by atoms with van der Waals surface area (Å²) < 4.78 is 0. The molecule has 1 aliphatic rings. The molecule has 2 rings (SSSR count). The van der Waals surface area contributed by atoms with Gasteiger partial charge in [0.1, 0.15) is 0 Å². The van der Waals surface area contributed by atoms with Crippen LogP contribution in [0.3, 0.4) is 0 Å². The number of nitrogens with two attached hydrogens (primary N) is 1. The quantitative estimate of drug-likeness (QED) is 0.646. The van der Waals surface area contributed by atoms with E-state index in [1.807, 2.05) is 23.5 Å². The molecular formula is C10H16N2S3. The second kappa shape index (κ2) is 5.59. The molecule has 1 fully saturated rings. The Morgan fingerprint density at radius 1 is 1.53 bits per heavy atom. The highest BCUT2D eigenvalue weighted by Gasteiger charge is 2.26. The van der Waals surface area contributed by atoms with Crippen LogP contribution >= 0.6 is 34.9 Å². The Kier molecular flexibility index (Phi) is 4.40. The van der Waals surface area contributed by atoms with Gasteiger partial charge in [0.15, 0.2) is 0 Å². The Balaban J connectivity index is 2.12. The zero-order valence-corrected chi connectivity index (χ0v) is 11.2. The fourth-order valence-electron chi connectivity index (χ4n) is 1.81. The second-order valence-corrected chi connectivity index (χ2v) is 7.18. The monoisotopic (exact) mass is 260 g/mol. The van der Waals surface area contributed by atoms with Crippen molar-refractivity contribution in [3.05, 3.63) is 21.9 Å². The molecule has 1 aromatic heterocycles. The summed E-state index contributed by atoms with van der Waals surface area (Å²) in [4.78, 5) is 1.38. The van der Waals surface area contributed by atoms with Gasteiger partial charge in [0, 0.05) is 27.4 Å². The van der Waals surface area contributed by atoms with Crippen molar-refractivity contribution in [2.45, 2.75) is 18.2 Å². The van der Waals surface area contributed by atoms with Gasteiger partial charge in [-0.05, 0) is 23.9 Å². The standard InChI is InChI=1S/C10H16N2S3/c1-7-8(2-3-14-7)10(12-11)9-6-13-4-5-15-9/h2-3,9-10,12H,4-6,11H2,1H3. The molecule has 0 saturated carbocycles. The van der Waals surface area contributed by atoms with Crippen LogP contribution in [0, 0.1) is 6.92 Å². The Hall–Kier alpha value is 0.320. The van der Waals surface area contributed by atoms with Gasteiger partial charge in [0.25, 0.3) is 0 Å². The molecule has 3 N–H and O–H groups in total. The average molecular weight is 260 g/mol. The lowest BCUT2D eigenvalue weighted by molar-refractivity contribution is 0.552. The van der Waals surface area contributed by atoms with E-state index in [0.29, 0.717) is 11.3 Å². The van der Waals surface area contributed by atoms with Crippen LogP contribution in [0.4, 0.5) is 0 Å². The van der Waals surface area contributed by atoms with E-state index in [4.69, 9.17) is 5.84 Å². The molecule has 0 aliphatic carbocycles. The zero-order chi connectivity index (χ0) is 10.7. The van der Waals surface area contributed by atoms with Gasteiger partial charge in [-0.15, -0.1) is 11.3 Å². The maximum atomic E-state index is 5.70. The first kappa shape index (κ1) is 11.8. The van der Waals surface area contributed by atoms with Crippen molar-refractivity contribution >= 4 is 34.9 Å². The highest BCUT2D eigenvalue weighted by atomic mass is 32.2. The number of aryl methyl sites for hydroxylation is 1. The average Bonchev–Trinajstić information content (AvgIpc) is 2.68. The number of hydrogen-bond acceptors (Lipinski definition) is 5. The molecule has 84 valence electrons. The lowest BCUT2D eigenvalue weighted by Crippen LogP contribution is -2.37. The number of thiophene rings is 1. The molecule has 1 aromatic rings. The van der Waals surface area contributed by atoms with E-state index in [1.165, 1.54) is 27.7 Å². The molecule has 1 aliphatic heterocycles. The summed E-state index contributed by atoms with van der Waals surface area (Å²) in [6.45, 7) is 2.17. The number of nitrogens with one attached hydrogen (secondary N) is 1. The molecular weight excluding hydrogens is 244 g/mol. The van der Waals surface area contributed by atoms with Crippen molar-refractivity contribution in [2.75, 3.05) is 17.3 Å². The normalized spacial score (nSPS) is 24.0. The molecule has 0 aromatic carbocycles. The Morgan fingerprint density at radius 3 is 2.93 bits per heavy atom. The third-order valence-electron chi connectivity index (χ3n) is 2.63. The molecule has 1 saturated heterocycles. The van der Waals surface area contributed by atoms with Gasteiger partial charge in [0.2, 0.25) is 0 Å². The molecule has 2 unspecified atom stereocenters. The minimum atomic E-state index is 0.314. The fraction of sp³-hybridized carbons (Fsp3) is 0.600. The molecule has 0 bridgehead atoms. The summed E-state index contributed by atoms with van der Waals surface area (Å²) in [5, 5.41) is 2.76. The molecule has 0 amide bonds. The zero-order valence-electron chi connectivity index (χ0n) is 8.73. The molecule has 15 heavy (non-hydrogen) atoms. The maximum Gasteiger partial charge on any atom is 0.0597 e. The number of thioether (sulfide) groups is 2. The van der Waals surface area contributed by atoms with Crippen LogP contribution in [0.2, 0.25) is 0 Å². The van der Waals surface area contributed by atoms with E-state index in [1.54, 1.807) is 11.3 Å². The minimum absolute atomic E-state index is 0.314. The van der Waals surface area contributed by atoms with E-state index in [0.717, 1.165) is 0 Å². The van der Waals surface area contributed by atoms with Crippen LogP contribution < -0.4 is 11.3 Å². The molecule has 2 nitrogen and oxygen atoms in total. The molecule has 2 atom stereocenters. The lowest BCUT2D eigenvalue weighted by atomic mass is 10.1. The highest BCUT2D eigenvalue weighted by Crippen LogP contribution is 2.35. The molecule has 0 spiro atoms. The summed E-state index contributed by atoms with van der Waals surface area (Å²) in [5.41, 5.74) is 4.36. The van der Waals surface area contributed by atoms with Crippen molar-refractivity contribution in [3.8, 4) is 0 Å². The van der Waals surface area contributed by atoms with Gasteiger partial charge in [-0.3, -0.25) is 11.3 Å². The van der Waals surface area contributed by atoms with Crippen molar-refractivity contribution in [2.24, 2.45) is 5.84 Å². The predicted octanol–water partition coefficient (Wildman–Crippen LogP) is 2.41. The summed E-state index contributed by atoms with van der Waals surface area (Å²) in [7, 11) is 0. The molecule has 2 heterocycles. The number of hydrazine groups is 1. The van der Waals surface area contributed by atoms with Crippen molar-refractivity contribution in [1.29, 1.82) is 0 Å². The summed E-state index contributed by atoms with van der Waals surface area (Å²) in [6, 6.07) is 2.51. The third-order valence-corrected chi connectivity index (χ3v) is 6.35. The van der Waals surface area contributed by atoms with Crippen molar-refractivity contribution in [3.63, 3.8) is 0 Å². The van der Waals surface area contributed by atoms with Crippen LogP contribution in [0.5, 0.6) is 0 Å². The molecule has 0 radical (unpaired) electrons. The first-order valence-corrected chi connectivity index (χ1v) is 8.10. The minimum Gasteiger partial charge on any atom is -0.271 e. The van der Waals surface area contributed by atoms with Gasteiger partial charge in [-0.1, -0.05) is 0 Å². The first-order valence-electron chi connectivity index (χ1n) is 5.02. The number of rotatable bonds is 3. The first-order chi connectivity index (χ1) is 7.33. The maximum absolute atomic E-state index is 5.70. The highest BCUT2D eigenvalue weighted by molar-refractivity contribution is 8.06. The van der Waals surface area contributed by atoms with Crippen LogP contribution in [0.25, 0.3) is 0 Å². The summed E-state index contributed by atoms with van der Waals surface area (Å²) >= 11 is 5.88. The fourth-order valence-corrected chi connectivity index (χ4v) is 5.40. The third kappa shape index (κ3) is 2.71. The SMILES string of the molecule is Cc1sccc1C(NN)C1CSCCS1. The van der Waals surface area contributed by atoms with Gasteiger partial charge < -0.3 is 0 Å². The Bertz CT molecular complexity index is 307. The van der Waals surface area contributed by atoms with Crippen molar-refractivity contribution < 1.29 is 0 Å². The van der Waals surface area contributed by atoms with Gasteiger partial charge in [0.05, 0.1) is 6.04 Å². The summed E-state index contributed by atoms with van der Waals surface area (Å²) in [5.74, 6) is 9.42. The predicted molar refractivity (Wildman–Crippen MR) is 72.7 cm³/mol. The van der Waals surface area contributed by atoms with Gasteiger partial charge >= 0.3 is 0 Å². The van der Waals surface area contributed by atoms with E-state index in [-0.39, 0.29) is 0 Å². The second-order valence-electron chi connectivity index (χ2n) is 3.56. The van der Waals surface area contributed by atoms with Crippen LogP contribution in [0.1, 0.15) is 16.5 Å². The van der Waals surface area contributed by atoms with Crippen LogP contribution in [-0.4, -0.2) is 22.5 Å².